The number of carboxylic acids is 1. The van der Waals surface area contributed by atoms with Gasteiger partial charge in [0.25, 0.3) is 5.97 Å². The van der Waals surface area contributed by atoms with Crippen molar-refractivity contribution in [1.29, 1.82) is 0 Å². The average Bonchev–Trinajstić information content (AvgIpc) is 1.85. The molecule has 0 aromatic carbocycles. The van der Waals surface area contributed by atoms with E-state index in [1.54, 1.807) is 6.92 Å². The lowest BCUT2D eigenvalue weighted by atomic mass is 10.5. The molecule has 0 unspecified atom stereocenters. The maximum atomic E-state index is 9.83. The van der Waals surface area contributed by atoms with Gasteiger partial charge in [0, 0.05) is 13.3 Å². The van der Waals surface area contributed by atoms with Gasteiger partial charge in [0.2, 0.25) is 0 Å². The van der Waals surface area contributed by atoms with E-state index in [9.17, 15) is 4.79 Å². The van der Waals surface area contributed by atoms with Gasteiger partial charge in [-0.15, -0.1) is 0 Å². The van der Waals surface area contributed by atoms with Gasteiger partial charge in [-0.2, -0.15) is 5.90 Å². The monoisotopic (exact) mass is 149 g/mol. The highest BCUT2D eigenvalue weighted by molar-refractivity contribution is 5.68. The van der Waals surface area contributed by atoms with Crippen LogP contribution in [0.5, 0.6) is 0 Å². The molecule has 0 rings (SSSR count). The Labute approximate surface area is 58.7 Å². The molecule has 0 fully saturated rings. The van der Waals surface area contributed by atoms with Crippen molar-refractivity contribution in [3.8, 4) is 0 Å². The fourth-order valence-corrected chi connectivity index (χ4v) is 0.0833. The molecule has 0 heterocycles. The van der Waals surface area contributed by atoms with Gasteiger partial charge in [-0.25, -0.2) is 0 Å². The van der Waals surface area contributed by atoms with Crippen molar-refractivity contribution in [1.82, 2.24) is 0 Å². The molecule has 0 aliphatic heterocycles. The van der Waals surface area contributed by atoms with Crippen LogP contribution in [-0.4, -0.2) is 17.0 Å². The van der Waals surface area contributed by atoms with Crippen LogP contribution in [0.4, 0.5) is 0 Å². The minimum absolute atomic E-state index is 0.344. The predicted molar refractivity (Wildman–Crippen MR) is 33.9 cm³/mol. The third kappa shape index (κ3) is 28.6. The summed E-state index contributed by atoms with van der Waals surface area (Å²) in [6.45, 7) is 2.76. The Hall–Kier alpha value is -1.10. The van der Waals surface area contributed by atoms with Crippen LogP contribution < -0.4 is 5.90 Å². The molecular formula is C5H11NO4. The number of hydrogen-bond donors (Lipinski definition) is 2. The fraction of sp³-hybridized carbons (Fsp3) is 0.600. The fourth-order valence-electron chi connectivity index (χ4n) is 0.0833. The minimum atomic E-state index is -0.833. The lowest BCUT2D eigenvalue weighted by molar-refractivity contribution is -0.143. The molecule has 0 amide bonds. The van der Waals surface area contributed by atoms with Crippen LogP contribution in [0.2, 0.25) is 0 Å². The van der Waals surface area contributed by atoms with Crippen molar-refractivity contribution in [3.05, 3.63) is 0 Å². The van der Waals surface area contributed by atoms with E-state index in [4.69, 9.17) is 9.90 Å². The van der Waals surface area contributed by atoms with Crippen LogP contribution in [0, 0.1) is 0 Å². The predicted octanol–water partition coefficient (Wildman–Crippen LogP) is -0.0958. The lowest BCUT2D eigenvalue weighted by Crippen LogP contribution is -2.07. The van der Waals surface area contributed by atoms with Crippen LogP contribution in [0.25, 0.3) is 0 Å². The molecule has 5 nitrogen and oxygen atoms in total. The second kappa shape index (κ2) is 7.90. The summed E-state index contributed by atoms with van der Waals surface area (Å²) in [6, 6.07) is 0. The maximum Gasteiger partial charge on any atom is 0.324 e. The first-order valence-corrected chi connectivity index (χ1v) is 2.63. The van der Waals surface area contributed by atoms with Gasteiger partial charge in [0.1, 0.15) is 0 Å². The molecule has 0 radical (unpaired) electrons. The second-order valence-corrected chi connectivity index (χ2v) is 1.36. The Kier molecular flexibility index (Phi) is 9.22. The summed E-state index contributed by atoms with van der Waals surface area (Å²) in [4.78, 5) is 22.6. The molecule has 0 spiro atoms. The van der Waals surface area contributed by atoms with Crippen molar-refractivity contribution in [2.75, 3.05) is 0 Å². The van der Waals surface area contributed by atoms with Crippen LogP contribution in [0.1, 0.15) is 20.3 Å². The molecule has 10 heavy (non-hydrogen) atoms. The van der Waals surface area contributed by atoms with Crippen molar-refractivity contribution < 1.29 is 19.5 Å². The highest BCUT2D eigenvalue weighted by Crippen LogP contribution is 1.73. The largest absolute Gasteiger partial charge is 0.481 e. The number of carboxylic acid groups (broad SMARTS) is 1. The zero-order chi connectivity index (χ0) is 8.57. The summed E-state index contributed by atoms with van der Waals surface area (Å²) in [5, 5.41) is 7.42. The van der Waals surface area contributed by atoms with Crippen LogP contribution in [0.3, 0.4) is 0 Å². The summed E-state index contributed by atoms with van der Waals surface area (Å²) >= 11 is 0. The Bertz CT molecular complexity index is 102. The van der Waals surface area contributed by atoms with Gasteiger partial charge in [-0.3, -0.25) is 9.59 Å². The van der Waals surface area contributed by atoms with E-state index < -0.39 is 5.97 Å². The molecule has 0 saturated carbocycles. The Morgan fingerprint density at radius 1 is 1.60 bits per heavy atom. The van der Waals surface area contributed by atoms with Crippen molar-refractivity contribution in [3.63, 3.8) is 0 Å². The lowest BCUT2D eigenvalue weighted by Gasteiger charge is -1.85. The molecule has 0 aliphatic rings. The molecule has 5 heteroatoms. The van der Waals surface area contributed by atoms with E-state index >= 15 is 0 Å². The summed E-state index contributed by atoms with van der Waals surface area (Å²) in [5.74, 6) is 3.22. The van der Waals surface area contributed by atoms with E-state index in [1.165, 1.54) is 0 Å². The second-order valence-electron chi connectivity index (χ2n) is 1.36. The molecule has 0 saturated heterocycles. The molecule has 0 bridgehead atoms. The molecule has 60 valence electrons. The smallest absolute Gasteiger partial charge is 0.324 e. The van der Waals surface area contributed by atoms with E-state index in [0.29, 0.717) is 6.42 Å². The normalized spacial score (nSPS) is 7.10. The third-order valence-electron chi connectivity index (χ3n) is 0.420. The van der Waals surface area contributed by atoms with Crippen LogP contribution in [0.15, 0.2) is 0 Å². The van der Waals surface area contributed by atoms with Crippen molar-refractivity contribution in [2.45, 2.75) is 20.3 Å². The van der Waals surface area contributed by atoms with Gasteiger partial charge in [0.15, 0.2) is 0 Å². The average molecular weight is 149 g/mol. The van der Waals surface area contributed by atoms with Gasteiger partial charge < -0.3 is 9.94 Å². The highest BCUT2D eigenvalue weighted by Gasteiger charge is 1.88. The Balaban J connectivity index is 0. The molecule has 0 atom stereocenters. The highest BCUT2D eigenvalue weighted by atomic mass is 16.7. The summed E-state index contributed by atoms with van der Waals surface area (Å²) in [6.07, 6.45) is 0.344. The molecular weight excluding hydrogens is 138 g/mol. The quantitative estimate of drug-likeness (QED) is 0.508. The summed E-state index contributed by atoms with van der Waals surface area (Å²) < 4.78 is 0. The van der Waals surface area contributed by atoms with Gasteiger partial charge in [-0.05, 0) is 0 Å². The first-order valence-electron chi connectivity index (χ1n) is 2.63. The molecule has 0 aliphatic carbocycles. The van der Waals surface area contributed by atoms with E-state index in [-0.39, 0.29) is 5.97 Å². The number of carbonyl (C=O) groups excluding carboxylic acids is 1. The number of hydrogen-bond acceptors (Lipinski definition) is 4. The number of aliphatic carboxylic acids is 1. The summed E-state index contributed by atoms with van der Waals surface area (Å²) in [7, 11) is 0. The zero-order valence-corrected chi connectivity index (χ0v) is 5.96. The van der Waals surface area contributed by atoms with E-state index in [0.717, 1.165) is 6.92 Å². The zero-order valence-electron chi connectivity index (χ0n) is 5.96. The van der Waals surface area contributed by atoms with E-state index in [1.807, 2.05) is 0 Å². The van der Waals surface area contributed by atoms with Gasteiger partial charge in [-0.1, -0.05) is 6.92 Å². The Morgan fingerprint density at radius 3 is 1.90 bits per heavy atom. The first kappa shape index (κ1) is 11.7. The van der Waals surface area contributed by atoms with Crippen LogP contribution in [-0.2, 0) is 14.4 Å². The summed E-state index contributed by atoms with van der Waals surface area (Å²) in [5.41, 5.74) is 0. The maximum absolute atomic E-state index is 9.83. The van der Waals surface area contributed by atoms with Gasteiger partial charge in [0.05, 0.1) is 0 Å². The Morgan fingerprint density at radius 2 is 1.90 bits per heavy atom. The standard InChI is InChI=1S/C3H7NO2.C2H4O2/c1-2-3(5)6-4;1-2(3)4/h2,4H2,1H3;1H3,(H,3,4). The van der Waals surface area contributed by atoms with Crippen LogP contribution >= 0.6 is 0 Å². The number of carbonyl (C=O) groups is 2. The number of rotatable bonds is 1. The van der Waals surface area contributed by atoms with Gasteiger partial charge >= 0.3 is 5.97 Å². The van der Waals surface area contributed by atoms with Crippen molar-refractivity contribution in [2.24, 2.45) is 5.90 Å². The molecule has 3 N–H and O–H groups in total. The van der Waals surface area contributed by atoms with E-state index in [2.05, 4.69) is 10.7 Å². The number of nitrogens with two attached hydrogens (primary N) is 1. The molecule has 0 aromatic rings. The topological polar surface area (TPSA) is 89.6 Å². The van der Waals surface area contributed by atoms with Crippen molar-refractivity contribution >= 4 is 11.9 Å². The first-order chi connectivity index (χ1) is 4.54. The molecule has 0 aromatic heterocycles. The minimum Gasteiger partial charge on any atom is -0.481 e. The third-order valence-corrected chi connectivity index (χ3v) is 0.420. The SMILES string of the molecule is CC(=O)O.CCC(=O)ON.